The number of carbonyl (C=O) groups is 1. The lowest BCUT2D eigenvalue weighted by Gasteiger charge is -2.25. The van der Waals surface area contributed by atoms with Crippen LogP contribution < -0.4 is 0 Å². The van der Waals surface area contributed by atoms with Gasteiger partial charge < -0.3 is 4.74 Å². The van der Waals surface area contributed by atoms with E-state index in [-0.39, 0.29) is 5.97 Å². The van der Waals surface area contributed by atoms with E-state index in [1.165, 1.54) is 25.5 Å². The van der Waals surface area contributed by atoms with Gasteiger partial charge in [0.05, 0.1) is 13.5 Å². The van der Waals surface area contributed by atoms with Gasteiger partial charge in [0.2, 0.25) is 0 Å². The quantitative estimate of drug-likeness (QED) is 0.708. The number of ether oxygens (including phenoxy) is 1. The lowest BCUT2D eigenvalue weighted by Crippen LogP contribution is -2.28. The molecule has 1 unspecified atom stereocenters. The van der Waals surface area contributed by atoms with Crippen molar-refractivity contribution in [3.05, 3.63) is 35.4 Å². The lowest BCUT2D eigenvalue weighted by molar-refractivity contribution is -0.139. The maximum atomic E-state index is 11.4. The summed E-state index contributed by atoms with van der Waals surface area (Å²) in [5.74, 6) is -0.184. The van der Waals surface area contributed by atoms with Gasteiger partial charge in [-0.1, -0.05) is 37.6 Å². The zero-order valence-corrected chi connectivity index (χ0v) is 12.5. The van der Waals surface area contributed by atoms with Crippen LogP contribution in [0.2, 0.25) is 0 Å². The molecule has 0 heterocycles. The van der Waals surface area contributed by atoms with Crippen molar-refractivity contribution < 1.29 is 9.53 Å². The summed E-state index contributed by atoms with van der Waals surface area (Å²) >= 11 is 0. The number of methoxy groups -OCH3 is 1. The molecule has 1 atom stereocenters. The van der Waals surface area contributed by atoms with Crippen LogP contribution in [0.1, 0.15) is 37.8 Å². The van der Waals surface area contributed by atoms with Crippen LogP contribution in [0.4, 0.5) is 0 Å². The fraction of sp³-hybridized carbons (Fsp3) is 0.562. The zero-order chi connectivity index (χ0) is 14.3. The van der Waals surface area contributed by atoms with Crippen LogP contribution in [0.5, 0.6) is 0 Å². The highest BCUT2D eigenvalue weighted by molar-refractivity contribution is 5.72. The molecule has 0 spiro atoms. The van der Waals surface area contributed by atoms with Crippen LogP contribution >= 0.6 is 0 Å². The monoisotopic (exact) mass is 263 g/mol. The van der Waals surface area contributed by atoms with E-state index < -0.39 is 0 Å². The average Bonchev–Trinajstić information content (AvgIpc) is 2.41. The van der Waals surface area contributed by atoms with Crippen LogP contribution in [-0.4, -0.2) is 31.1 Å². The van der Waals surface area contributed by atoms with Gasteiger partial charge >= 0.3 is 5.97 Å². The fourth-order valence-corrected chi connectivity index (χ4v) is 2.17. The smallest absolute Gasteiger partial charge is 0.309 e. The van der Waals surface area contributed by atoms with Crippen LogP contribution in [0.25, 0.3) is 0 Å². The molecular formula is C16H25NO2. The van der Waals surface area contributed by atoms with Crippen LogP contribution in [0, 0.1) is 0 Å². The molecule has 0 bridgehead atoms. The molecular weight excluding hydrogens is 238 g/mol. The van der Waals surface area contributed by atoms with E-state index in [1.54, 1.807) is 0 Å². The van der Waals surface area contributed by atoms with Crippen molar-refractivity contribution in [2.75, 3.05) is 14.2 Å². The summed E-state index contributed by atoms with van der Waals surface area (Å²) < 4.78 is 4.75. The predicted octanol–water partition coefficient (Wildman–Crippen LogP) is 3.02. The molecule has 106 valence electrons. The second-order valence-electron chi connectivity index (χ2n) is 5.07. The van der Waals surface area contributed by atoms with E-state index in [9.17, 15) is 4.79 Å². The fourth-order valence-electron chi connectivity index (χ4n) is 2.17. The second-order valence-corrected chi connectivity index (χ2v) is 5.07. The van der Waals surface area contributed by atoms with E-state index in [0.29, 0.717) is 12.5 Å². The standard InChI is InChI=1S/C16H25NO2/c1-5-8-13(2)17(3)12-15-10-7-6-9-14(15)11-16(18)19-4/h6-7,9-10,13H,5,8,11-12H2,1-4H3. The van der Waals surface area contributed by atoms with Crippen molar-refractivity contribution in [1.29, 1.82) is 0 Å². The first-order valence-corrected chi connectivity index (χ1v) is 6.92. The molecule has 0 fully saturated rings. The predicted molar refractivity (Wildman–Crippen MR) is 78.0 cm³/mol. The first-order chi connectivity index (χ1) is 9.08. The first-order valence-electron chi connectivity index (χ1n) is 6.92. The van der Waals surface area contributed by atoms with E-state index in [1.807, 2.05) is 18.2 Å². The van der Waals surface area contributed by atoms with E-state index >= 15 is 0 Å². The van der Waals surface area contributed by atoms with E-state index in [0.717, 1.165) is 12.1 Å². The van der Waals surface area contributed by atoms with Crippen molar-refractivity contribution in [2.45, 2.75) is 45.7 Å². The van der Waals surface area contributed by atoms with Gasteiger partial charge in [0.25, 0.3) is 0 Å². The molecule has 0 saturated carbocycles. The van der Waals surface area contributed by atoms with Crippen molar-refractivity contribution in [3.8, 4) is 0 Å². The number of nitrogens with zero attached hydrogens (tertiary/aromatic N) is 1. The highest BCUT2D eigenvalue weighted by Crippen LogP contribution is 2.15. The van der Waals surface area contributed by atoms with Gasteiger partial charge in [-0.15, -0.1) is 0 Å². The third-order valence-electron chi connectivity index (χ3n) is 3.56. The highest BCUT2D eigenvalue weighted by atomic mass is 16.5. The molecule has 0 aliphatic carbocycles. The molecule has 19 heavy (non-hydrogen) atoms. The molecule has 0 amide bonds. The van der Waals surface area contributed by atoms with E-state index in [2.05, 4.69) is 31.9 Å². The summed E-state index contributed by atoms with van der Waals surface area (Å²) in [6.45, 7) is 5.32. The number of benzene rings is 1. The molecule has 0 radical (unpaired) electrons. The Hall–Kier alpha value is -1.35. The number of esters is 1. The second kappa shape index (κ2) is 7.95. The van der Waals surface area contributed by atoms with Crippen molar-refractivity contribution in [2.24, 2.45) is 0 Å². The molecule has 3 heteroatoms. The van der Waals surface area contributed by atoms with Gasteiger partial charge in [-0.25, -0.2) is 0 Å². The van der Waals surface area contributed by atoms with E-state index in [4.69, 9.17) is 4.74 Å². The summed E-state index contributed by atoms with van der Waals surface area (Å²) in [5, 5.41) is 0. The van der Waals surface area contributed by atoms with Crippen LogP contribution in [0.3, 0.4) is 0 Å². The lowest BCUT2D eigenvalue weighted by atomic mass is 10.0. The summed E-state index contributed by atoms with van der Waals surface area (Å²) in [4.78, 5) is 13.8. The van der Waals surface area contributed by atoms with Gasteiger partial charge in [0.1, 0.15) is 0 Å². The molecule has 0 N–H and O–H groups in total. The molecule has 0 aromatic heterocycles. The SMILES string of the molecule is CCCC(C)N(C)Cc1ccccc1CC(=O)OC. The molecule has 0 aliphatic heterocycles. The minimum atomic E-state index is -0.184. The van der Waals surface area contributed by atoms with Crippen LogP contribution in [-0.2, 0) is 22.5 Å². The molecule has 1 aromatic rings. The largest absolute Gasteiger partial charge is 0.469 e. The van der Waals surface area contributed by atoms with Gasteiger partial charge in [-0.3, -0.25) is 9.69 Å². The Balaban J connectivity index is 2.74. The average molecular weight is 263 g/mol. The van der Waals surface area contributed by atoms with Gasteiger partial charge in [-0.05, 0) is 31.5 Å². The topological polar surface area (TPSA) is 29.5 Å². The summed E-state index contributed by atoms with van der Waals surface area (Å²) in [6, 6.07) is 8.64. The van der Waals surface area contributed by atoms with Crippen molar-refractivity contribution in [1.82, 2.24) is 4.90 Å². The summed E-state index contributed by atoms with van der Waals surface area (Å²) in [6.07, 6.45) is 2.73. The number of rotatable bonds is 7. The van der Waals surface area contributed by atoms with Crippen molar-refractivity contribution >= 4 is 5.97 Å². The minimum absolute atomic E-state index is 0.184. The third-order valence-corrected chi connectivity index (χ3v) is 3.56. The first kappa shape index (κ1) is 15.7. The Morgan fingerprint density at radius 2 is 1.95 bits per heavy atom. The van der Waals surface area contributed by atoms with Gasteiger partial charge in [-0.2, -0.15) is 0 Å². The Morgan fingerprint density at radius 3 is 2.53 bits per heavy atom. The summed E-state index contributed by atoms with van der Waals surface area (Å²) in [5.41, 5.74) is 2.27. The Labute approximate surface area is 116 Å². The third kappa shape index (κ3) is 5.03. The molecule has 1 rings (SSSR count). The highest BCUT2D eigenvalue weighted by Gasteiger charge is 2.12. The maximum Gasteiger partial charge on any atom is 0.309 e. The van der Waals surface area contributed by atoms with Gasteiger partial charge in [0, 0.05) is 12.6 Å². The van der Waals surface area contributed by atoms with Crippen LogP contribution in [0.15, 0.2) is 24.3 Å². The Bertz CT molecular complexity index is 403. The molecule has 3 nitrogen and oxygen atoms in total. The number of hydrogen-bond donors (Lipinski definition) is 0. The maximum absolute atomic E-state index is 11.4. The number of hydrogen-bond acceptors (Lipinski definition) is 3. The zero-order valence-electron chi connectivity index (χ0n) is 12.5. The minimum Gasteiger partial charge on any atom is -0.469 e. The molecule has 1 aromatic carbocycles. The summed E-state index contributed by atoms with van der Waals surface area (Å²) in [7, 11) is 3.57. The normalized spacial score (nSPS) is 12.5. The number of carbonyl (C=O) groups excluding carboxylic acids is 1. The Kier molecular flexibility index (Phi) is 6.57. The Morgan fingerprint density at radius 1 is 1.32 bits per heavy atom. The molecule has 0 saturated heterocycles. The van der Waals surface area contributed by atoms with Crippen molar-refractivity contribution in [3.63, 3.8) is 0 Å². The van der Waals surface area contributed by atoms with Gasteiger partial charge in [0.15, 0.2) is 0 Å². The molecule has 0 aliphatic rings.